The number of ether oxygens (including phenoxy) is 2. The molecule has 0 saturated carbocycles. The predicted molar refractivity (Wildman–Crippen MR) is 160 cm³/mol. The SMILES string of the molecule is Cc1ccc(Cl)c(NC(=O)C(Oc2ccc(Cc3ccc(OCc4ccccc4)cc3)cc2)C(=O)C(C)(C)C)c1. The minimum Gasteiger partial charge on any atom is -0.489 e. The van der Waals surface area contributed by atoms with Crippen molar-refractivity contribution >= 4 is 29.0 Å². The fourth-order valence-corrected chi connectivity index (χ4v) is 4.22. The standard InChI is InChI=1S/C34H34ClNO4/c1-23-10-19-29(35)30(20-23)36-33(38)31(32(37)34(2,3)4)40-28-17-13-25(14-18-28)21-24-11-15-27(16-12-24)39-22-26-8-6-5-7-9-26/h5-20,31H,21-22H2,1-4H3,(H,36,38). The van der Waals surface area contributed by atoms with Crippen molar-refractivity contribution in [3.8, 4) is 11.5 Å². The summed E-state index contributed by atoms with van der Waals surface area (Å²) in [4.78, 5) is 26.4. The maximum atomic E-state index is 13.2. The van der Waals surface area contributed by atoms with Crippen molar-refractivity contribution in [2.45, 2.75) is 46.8 Å². The number of rotatable bonds is 10. The van der Waals surface area contributed by atoms with E-state index in [0.717, 1.165) is 34.4 Å². The maximum absolute atomic E-state index is 13.2. The van der Waals surface area contributed by atoms with E-state index in [1.807, 2.05) is 79.7 Å². The molecule has 5 nitrogen and oxygen atoms in total. The highest BCUT2D eigenvalue weighted by Crippen LogP contribution is 2.26. The topological polar surface area (TPSA) is 64.6 Å². The molecule has 1 unspecified atom stereocenters. The molecule has 0 spiro atoms. The Balaban J connectivity index is 1.40. The van der Waals surface area contributed by atoms with Crippen molar-refractivity contribution in [3.05, 3.63) is 124 Å². The summed E-state index contributed by atoms with van der Waals surface area (Å²) in [5.74, 6) is 0.358. The fraction of sp³-hybridized carbons (Fsp3) is 0.235. The van der Waals surface area contributed by atoms with E-state index in [2.05, 4.69) is 5.32 Å². The molecule has 0 heterocycles. The zero-order chi connectivity index (χ0) is 28.7. The number of carbonyl (C=O) groups excluding carboxylic acids is 2. The van der Waals surface area contributed by atoms with E-state index < -0.39 is 17.4 Å². The van der Waals surface area contributed by atoms with Gasteiger partial charge in [0.2, 0.25) is 6.10 Å². The number of hydrogen-bond acceptors (Lipinski definition) is 4. The van der Waals surface area contributed by atoms with Gasteiger partial charge in [-0.15, -0.1) is 0 Å². The number of amides is 1. The van der Waals surface area contributed by atoms with Crippen molar-refractivity contribution in [3.63, 3.8) is 0 Å². The van der Waals surface area contributed by atoms with Gasteiger partial charge in [0.1, 0.15) is 18.1 Å². The molecule has 0 aliphatic carbocycles. The first-order chi connectivity index (χ1) is 19.1. The second-order valence-electron chi connectivity index (χ2n) is 10.8. The van der Waals surface area contributed by atoms with E-state index in [9.17, 15) is 9.59 Å². The first kappa shape index (κ1) is 28.9. The summed E-state index contributed by atoms with van der Waals surface area (Å²) in [5.41, 5.74) is 3.92. The predicted octanol–water partition coefficient (Wildman–Crippen LogP) is 7.82. The van der Waals surface area contributed by atoms with Gasteiger partial charge in [-0.2, -0.15) is 0 Å². The van der Waals surface area contributed by atoms with E-state index >= 15 is 0 Å². The van der Waals surface area contributed by atoms with E-state index in [0.29, 0.717) is 23.1 Å². The number of Topliss-reactive ketones (excluding diaryl/α,β-unsaturated/α-hetero) is 1. The lowest BCUT2D eigenvalue weighted by Crippen LogP contribution is -2.45. The molecule has 0 bridgehead atoms. The fourth-order valence-electron chi connectivity index (χ4n) is 4.05. The molecular formula is C34H34ClNO4. The summed E-state index contributed by atoms with van der Waals surface area (Å²) in [6.45, 7) is 7.71. The van der Waals surface area contributed by atoms with Gasteiger partial charge >= 0.3 is 0 Å². The summed E-state index contributed by atoms with van der Waals surface area (Å²) in [6, 6.07) is 30.8. The van der Waals surface area contributed by atoms with Gasteiger partial charge in [0.15, 0.2) is 5.78 Å². The molecule has 4 aromatic rings. The summed E-state index contributed by atoms with van der Waals surface area (Å²) in [5, 5.41) is 3.15. The maximum Gasteiger partial charge on any atom is 0.273 e. The molecule has 0 aliphatic heterocycles. The van der Waals surface area contributed by atoms with Gasteiger partial charge in [-0.1, -0.05) is 93.0 Å². The first-order valence-electron chi connectivity index (χ1n) is 13.2. The molecule has 1 amide bonds. The van der Waals surface area contributed by atoms with Crippen LogP contribution < -0.4 is 14.8 Å². The number of aryl methyl sites for hydroxylation is 1. The Bertz CT molecular complexity index is 1440. The normalized spacial score (nSPS) is 11.9. The average Bonchev–Trinajstić information content (AvgIpc) is 2.94. The lowest BCUT2D eigenvalue weighted by atomic mass is 9.87. The van der Waals surface area contributed by atoms with Crippen LogP contribution in [-0.2, 0) is 22.6 Å². The molecule has 40 heavy (non-hydrogen) atoms. The van der Waals surface area contributed by atoms with Crippen molar-refractivity contribution in [2.24, 2.45) is 5.41 Å². The van der Waals surface area contributed by atoms with Crippen molar-refractivity contribution in [1.29, 1.82) is 0 Å². The van der Waals surface area contributed by atoms with Crippen LogP contribution in [0.2, 0.25) is 5.02 Å². The van der Waals surface area contributed by atoms with Crippen LogP contribution in [0.1, 0.15) is 43.0 Å². The van der Waals surface area contributed by atoms with E-state index in [1.54, 1.807) is 45.0 Å². The van der Waals surface area contributed by atoms with Gasteiger partial charge in [-0.25, -0.2) is 0 Å². The highest BCUT2D eigenvalue weighted by Gasteiger charge is 2.37. The summed E-state index contributed by atoms with van der Waals surface area (Å²) < 4.78 is 11.8. The average molecular weight is 556 g/mol. The molecular weight excluding hydrogens is 522 g/mol. The van der Waals surface area contributed by atoms with Crippen LogP contribution in [-0.4, -0.2) is 17.8 Å². The molecule has 0 aromatic heterocycles. The third-order valence-corrected chi connectivity index (χ3v) is 6.68. The van der Waals surface area contributed by atoms with Gasteiger partial charge < -0.3 is 14.8 Å². The third kappa shape index (κ3) is 7.96. The summed E-state index contributed by atoms with van der Waals surface area (Å²) in [6.07, 6.45) is -0.610. The Labute approximate surface area is 241 Å². The van der Waals surface area contributed by atoms with E-state index in [4.69, 9.17) is 21.1 Å². The number of halogens is 1. The van der Waals surface area contributed by atoms with Gasteiger partial charge in [0, 0.05) is 5.41 Å². The van der Waals surface area contributed by atoms with Crippen LogP contribution in [0.3, 0.4) is 0 Å². The largest absolute Gasteiger partial charge is 0.489 e. The van der Waals surface area contributed by atoms with Crippen LogP contribution in [0.25, 0.3) is 0 Å². The highest BCUT2D eigenvalue weighted by molar-refractivity contribution is 6.34. The van der Waals surface area contributed by atoms with Crippen LogP contribution in [0.15, 0.2) is 97.1 Å². The third-order valence-electron chi connectivity index (χ3n) is 6.35. The Kier molecular flexibility index (Phi) is 9.28. The van der Waals surface area contributed by atoms with Gasteiger partial charge in [0.05, 0.1) is 10.7 Å². The van der Waals surface area contributed by atoms with Gasteiger partial charge in [-0.3, -0.25) is 9.59 Å². The smallest absolute Gasteiger partial charge is 0.273 e. The molecule has 1 atom stereocenters. The van der Waals surface area contributed by atoms with E-state index in [1.165, 1.54) is 0 Å². The summed E-state index contributed by atoms with van der Waals surface area (Å²) in [7, 11) is 0. The minimum atomic E-state index is -1.33. The Morgan fingerprint density at radius 1 is 0.800 bits per heavy atom. The first-order valence-corrected chi connectivity index (χ1v) is 13.6. The lowest BCUT2D eigenvalue weighted by molar-refractivity contribution is -0.140. The Morgan fingerprint density at radius 2 is 1.40 bits per heavy atom. The lowest BCUT2D eigenvalue weighted by Gasteiger charge is -2.25. The molecule has 1 N–H and O–H groups in total. The molecule has 4 aromatic carbocycles. The van der Waals surface area contributed by atoms with Crippen molar-refractivity contribution < 1.29 is 19.1 Å². The van der Waals surface area contributed by atoms with E-state index in [-0.39, 0.29) is 5.78 Å². The molecule has 0 radical (unpaired) electrons. The summed E-state index contributed by atoms with van der Waals surface area (Å²) >= 11 is 6.26. The molecule has 206 valence electrons. The quantitative estimate of drug-likeness (QED) is 0.203. The Hall–Kier alpha value is -4.09. The number of hydrogen-bond donors (Lipinski definition) is 1. The van der Waals surface area contributed by atoms with Crippen LogP contribution in [0.4, 0.5) is 5.69 Å². The zero-order valence-electron chi connectivity index (χ0n) is 23.2. The number of ketones is 1. The second kappa shape index (κ2) is 12.8. The number of carbonyl (C=O) groups is 2. The molecule has 6 heteroatoms. The Morgan fingerprint density at radius 3 is 2.00 bits per heavy atom. The van der Waals surface area contributed by atoms with Crippen LogP contribution in [0.5, 0.6) is 11.5 Å². The zero-order valence-corrected chi connectivity index (χ0v) is 24.0. The monoisotopic (exact) mass is 555 g/mol. The van der Waals surface area contributed by atoms with Gasteiger partial charge in [-0.05, 0) is 72.0 Å². The van der Waals surface area contributed by atoms with Crippen molar-refractivity contribution in [1.82, 2.24) is 0 Å². The minimum absolute atomic E-state index is 0.326. The highest BCUT2D eigenvalue weighted by atomic mass is 35.5. The molecule has 4 rings (SSSR count). The van der Waals surface area contributed by atoms with Crippen molar-refractivity contribution in [2.75, 3.05) is 5.32 Å². The van der Waals surface area contributed by atoms with Gasteiger partial charge in [0.25, 0.3) is 5.91 Å². The molecule has 0 saturated heterocycles. The number of benzene rings is 4. The second-order valence-corrected chi connectivity index (χ2v) is 11.2. The van der Waals surface area contributed by atoms with Crippen LogP contribution >= 0.6 is 11.6 Å². The molecule has 0 aliphatic rings. The number of anilines is 1. The number of nitrogens with one attached hydrogen (secondary N) is 1. The van der Waals surface area contributed by atoms with Crippen LogP contribution in [0, 0.1) is 12.3 Å². The molecule has 0 fully saturated rings.